The van der Waals surface area contributed by atoms with Crippen LogP contribution in [-0.2, 0) is 16.0 Å². The van der Waals surface area contributed by atoms with Gasteiger partial charge in [0, 0.05) is 39.5 Å². The summed E-state index contributed by atoms with van der Waals surface area (Å²) in [5.41, 5.74) is 1.67. The number of H-pyrrole nitrogens is 1. The summed E-state index contributed by atoms with van der Waals surface area (Å²) in [5, 5.41) is 6.61. The first-order valence-electron chi connectivity index (χ1n) is 11.6. The second kappa shape index (κ2) is 12.0. The number of hydrogen-bond donors (Lipinski definition) is 3. The van der Waals surface area contributed by atoms with Gasteiger partial charge in [0.2, 0.25) is 5.56 Å². The SMILES string of the molecule is O=C(NCCOC(=O)[C@H](Cc1cc(=O)[nH]c2ccccc12)NC(=O)c1ccc(Cl)cc1)c1ccccc1. The highest BCUT2D eigenvalue weighted by Gasteiger charge is 2.25. The molecule has 1 atom stereocenters. The van der Waals surface area contributed by atoms with E-state index in [1.54, 1.807) is 66.7 Å². The van der Waals surface area contributed by atoms with Crippen LogP contribution in [0.15, 0.2) is 89.7 Å². The minimum atomic E-state index is -1.08. The predicted octanol–water partition coefficient (Wildman–Crippen LogP) is 3.50. The van der Waals surface area contributed by atoms with Crippen molar-refractivity contribution in [1.82, 2.24) is 15.6 Å². The number of carbonyl (C=O) groups excluding carboxylic acids is 3. The first-order chi connectivity index (χ1) is 17.9. The van der Waals surface area contributed by atoms with Gasteiger partial charge in [-0.25, -0.2) is 4.79 Å². The molecule has 0 aliphatic heterocycles. The van der Waals surface area contributed by atoms with E-state index in [-0.39, 0.29) is 31.0 Å². The Morgan fingerprint density at radius 3 is 2.30 bits per heavy atom. The molecule has 37 heavy (non-hydrogen) atoms. The van der Waals surface area contributed by atoms with E-state index in [9.17, 15) is 19.2 Å². The van der Waals surface area contributed by atoms with E-state index >= 15 is 0 Å². The summed E-state index contributed by atoms with van der Waals surface area (Å²) >= 11 is 5.91. The predicted molar refractivity (Wildman–Crippen MR) is 141 cm³/mol. The van der Waals surface area contributed by atoms with Gasteiger partial charge in [-0.1, -0.05) is 48.0 Å². The number of hydrogen-bond acceptors (Lipinski definition) is 5. The van der Waals surface area contributed by atoms with E-state index in [4.69, 9.17) is 16.3 Å². The van der Waals surface area contributed by atoms with Crippen LogP contribution in [0.2, 0.25) is 5.02 Å². The van der Waals surface area contributed by atoms with Crippen LogP contribution >= 0.6 is 11.6 Å². The van der Waals surface area contributed by atoms with Crippen LogP contribution < -0.4 is 16.2 Å². The summed E-state index contributed by atoms with van der Waals surface area (Å²) in [5.74, 6) is -1.48. The van der Waals surface area contributed by atoms with Crippen LogP contribution in [0.25, 0.3) is 10.9 Å². The molecule has 2 amide bonds. The number of ether oxygens (including phenoxy) is 1. The summed E-state index contributed by atoms with van der Waals surface area (Å²) < 4.78 is 5.39. The minimum absolute atomic E-state index is 0.0268. The van der Waals surface area contributed by atoms with Crippen molar-refractivity contribution < 1.29 is 19.1 Å². The zero-order valence-corrected chi connectivity index (χ0v) is 20.5. The molecule has 0 saturated carbocycles. The molecule has 9 heteroatoms. The third-order valence-electron chi connectivity index (χ3n) is 5.62. The molecule has 0 fully saturated rings. The molecule has 0 aliphatic rings. The lowest BCUT2D eigenvalue weighted by Crippen LogP contribution is -2.44. The fourth-order valence-corrected chi connectivity index (χ4v) is 3.94. The fourth-order valence-electron chi connectivity index (χ4n) is 3.81. The smallest absolute Gasteiger partial charge is 0.329 e. The molecule has 1 aromatic heterocycles. The van der Waals surface area contributed by atoms with Gasteiger partial charge in [0.05, 0.1) is 6.54 Å². The second-order valence-corrected chi connectivity index (χ2v) is 8.67. The molecule has 0 unspecified atom stereocenters. The third-order valence-corrected chi connectivity index (χ3v) is 5.88. The van der Waals surface area contributed by atoms with Gasteiger partial charge in [-0.05, 0) is 48.0 Å². The van der Waals surface area contributed by atoms with Crippen molar-refractivity contribution in [2.75, 3.05) is 13.2 Å². The maximum atomic E-state index is 13.0. The summed E-state index contributed by atoms with van der Waals surface area (Å²) in [6, 6.07) is 22.4. The molecule has 4 aromatic rings. The number of carbonyl (C=O) groups is 3. The average molecular weight is 518 g/mol. The van der Waals surface area contributed by atoms with E-state index in [0.29, 0.717) is 27.2 Å². The van der Waals surface area contributed by atoms with Gasteiger partial charge >= 0.3 is 5.97 Å². The Labute approximate surface area is 217 Å². The quantitative estimate of drug-likeness (QED) is 0.232. The number of pyridine rings is 1. The topological polar surface area (TPSA) is 117 Å². The fraction of sp³-hybridized carbons (Fsp3) is 0.143. The average Bonchev–Trinajstić information content (AvgIpc) is 2.91. The first kappa shape index (κ1) is 25.7. The number of aromatic amines is 1. The zero-order valence-electron chi connectivity index (χ0n) is 19.7. The maximum absolute atomic E-state index is 13.0. The molecule has 3 N–H and O–H groups in total. The number of para-hydroxylation sites is 1. The number of nitrogens with one attached hydrogen (secondary N) is 3. The molecule has 0 spiro atoms. The molecular formula is C28H24ClN3O5. The standard InChI is InChI=1S/C28H24ClN3O5/c29-21-12-10-19(11-13-21)27(35)32-24(16-20-17-25(33)31-23-9-5-4-8-22(20)23)28(36)37-15-14-30-26(34)18-6-2-1-3-7-18/h1-13,17,24H,14-16H2,(H,30,34)(H,31,33)(H,32,35)/t24-/m0/s1. The number of amides is 2. The monoisotopic (exact) mass is 517 g/mol. The van der Waals surface area contributed by atoms with E-state index in [0.717, 1.165) is 5.39 Å². The summed E-state index contributed by atoms with van der Waals surface area (Å²) in [4.78, 5) is 53.1. The Kier molecular flexibility index (Phi) is 8.33. The first-order valence-corrected chi connectivity index (χ1v) is 12.0. The zero-order chi connectivity index (χ0) is 26.2. The maximum Gasteiger partial charge on any atom is 0.329 e. The van der Waals surface area contributed by atoms with Gasteiger partial charge in [-0.15, -0.1) is 0 Å². The van der Waals surface area contributed by atoms with Crippen molar-refractivity contribution in [3.8, 4) is 0 Å². The van der Waals surface area contributed by atoms with Gasteiger partial charge in [0.15, 0.2) is 0 Å². The largest absolute Gasteiger partial charge is 0.462 e. The number of fused-ring (bicyclic) bond motifs is 1. The van der Waals surface area contributed by atoms with E-state index in [1.807, 2.05) is 12.1 Å². The normalized spacial score (nSPS) is 11.5. The molecule has 8 nitrogen and oxygen atoms in total. The van der Waals surface area contributed by atoms with Crippen molar-refractivity contribution in [2.24, 2.45) is 0 Å². The van der Waals surface area contributed by atoms with Gasteiger partial charge in [-0.3, -0.25) is 14.4 Å². The summed E-state index contributed by atoms with van der Waals surface area (Å²) in [6.45, 7) is -0.00784. The highest BCUT2D eigenvalue weighted by Crippen LogP contribution is 2.17. The Bertz CT molecular complexity index is 1470. The van der Waals surface area contributed by atoms with Crippen LogP contribution in [0.3, 0.4) is 0 Å². The second-order valence-electron chi connectivity index (χ2n) is 8.23. The van der Waals surface area contributed by atoms with Crippen molar-refractivity contribution in [1.29, 1.82) is 0 Å². The molecule has 0 aliphatic carbocycles. The molecule has 3 aromatic carbocycles. The Morgan fingerprint density at radius 1 is 0.865 bits per heavy atom. The van der Waals surface area contributed by atoms with Crippen LogP contribution in [0.5, 0.6) is 0 Å². The third kappa shape index (κ3) is 6.83. The van der Waals surface area contributed by atoms with Gasteiger partial charge in [0.1, 0.15) is 12.6 Å². The molecule has 0 bridgehead atoms. The van der Waals surface area contributed by atoms with Crippen molar-refractivity contribution in [3.63, 3.8) is 0 Å². The number of benzene rings is 3. The van der Waals surface area contributed by atoms with Crippen molar-refractivity contribution >= 4 is 40.3 Å². The van der Waals surface area contributed by atoms with E-state index in [2.05, 4.69) is 15.6 Å². The molecule has 4 rings (SSSR count). The number of esters is 1. The lowest BCUT2D eigenvalue weighted by Gasteiger charge is -2.19. The lowest BCUT2D eigenvalue weighted by atomic mass is 10.0. The molecule has 188 valence electrons. The molecular weight excluding hydrogens is 494 g/mol. The number of aromatic nitrogens is 1. The number of halogens is 1. The van der Waals surface area contributed by atoms with Crippen LogP contribution in [-0.4, -0.2) is 42.0 Å². The van der Waals surface area contributed by atoms with E-state index < -0.39 is 17.9 Å². The number of rotatable bonds is 9. The van der Waals surface area contributed by atoms with E-state index in [1.165, 1.54) is 6.07 Å². The van der Waals surface area contributed by atoms with Gasteiger partial charge in [0.25, 0.3) is 11.8 Å². The highest BCUT2D eigenvalue weighted by molar-refractivity contribution is 6.30. The van der Waals surface area contributed by atoms with Gasteiger partial charge in [-0.2, -0.15) is 0 Å². The molecule has 0 saturated heterocycles. The summed E-state index contributed by atoms with van der Waals surface area (Å²) in [6.07, 6.45) is 0.0268. The van der Waals surface area contributed by atoms with Crippen LogP contribution in [0.4, 0.5) is 0 Å². The van der Waals surface area contributed by atoms with Crippen LogP contribution in [0.1, 0.15) is 26.3 Å². The molecule has 0 radical (unpaired) electrons. The molecule has 1 heterocycles. The van der Waals surface area contributed by atoms with Crippen molar-refractivity contribution in [3.05, 3.63) is 117 Å². The van der Waals surface area contributed by atoms with Crippen LogP contribution in [0, 0.1) is 0 Å². The Morgan fingerprint density at radius 2 is 1.54 bits per heavy atom. The minimum Gasteiger partial charge on any atom is -0.462 e. The lowest BCUT2D eigenvalue weighted by molar-refractivity contribution is -0.145. The summed E-state index contributed by atoms with van der Waals surface area (Å²) in [7, 11) is 0. The Balaban J connectivity index is 1.48. The Hall–Kier alpha value is -4.43. The van der Waals surface area contributed by atoms with Gasteiger partial charge < -0.3 is 20.4 Å². The van der Waals surface area contributed by atoms with Crippen molar-refractivity contribution in [2.45, 2.75) is 12.5 Å². The highest BCUT2D eigenvalue weighted by atomic mass is 35.5.